The van der Waals surface area contributed by atoms with Crippen molar-refractivity contribution in [3.63, 3.8) is 0 Å². The monoisotopic (exact) mass is 468 g/mol. The number of aliphatic hydroxyl groups is 2. The van der Waals surface area contributed by atoms with Crippen LogP contribution in [0.15, 0.2) is 21.9 Å². The molecule has 0 aliphatic carbocycles. The van der Waals surface area contributed by atoms with Gasteiger partial charge >= 0.3 is 94.4 Å². The predicted octanol–water partition coefficient (Wildman–Crippen LogP) is -13.4. The number of hydrogen-bond acceptors (Lipinski definition) is 11. The summed E-state index contributed by atoms with van der Waals surface area (Å²) in [4.78, 5) is 56.9. The van der Waals surface area contributed by atoms with Crippen molar-refractivity contribution >= 4 is 15.2 Å². The maximum absolute atomic E-state index is 11.7. The fraction of sp³-hybridized carbons (Fsp3) is 0.600. The van der Waals surface area contributed by atoms with Crippen molar-refractivity contribution in [3.05, 3.63) is 33.1 Å². The number of aromatic amines is 1. The van der Waals surface area contributed by atoms with Gasteiger partial charge in [-0.25, -0.2) is 4.79 Å². The van der Waals surface area contributed by atoms with E-state index in [2.05, 4.69) is 4.52 Å². The Balaban J connectivity index is 0. The molecule has 1 aromatic heterocycles. The number of ether oxygens (including phenoxy) is 1. The van der Waals surface area contributed by atoms with Gasteiger partial charge in [-0.05, 0) is 0 Å². The van der Waals surface area contributed by atoms with E-state index in [1.54, 1.807) is 0 Å². The van der Waals surface area contributed by atoms with Crippen molar-refractivity contribution in [2.75, 3.05) is 12.5 Å². The van der Waals surface area contributed by atoms with E-state index in [9.17, 15) is 43.6 Å². The molecule has 28 heavy (non-hydrogen) atoms. The first kappa shape index (κ1) is 32.0. The molecule has 0 radical (unpaired) electrons. The van der Waals surface area contributed by atoms with Crippen LogP contribution in [0.5, 0.6) is 0 Å². The van der Waals surface area contributed by atoms with Crippen molar-refractivity contribution in [1.82, 2.24) is 9.55 Å². The first-order valence-electron chi connectivity index (χ1n) is 6.68. The number of aromatic nitrogens is 2. The molecule has 2 heterocycles. The topological polar surface area (TPSA) is 217 Å². The third kappa shape index (κ3) is 9.15. The van der Waals surface area contributed by atoms with Gasteiger partial charge < -0.3 is 43.3 Å². The van der Waals surface area contributed by atoms with E-state index in [1.807, 2.05) is 4.98 Å². The summed E-state index contributed by atoms with van der Waals surface area (Å²) in [5.74, 6) is -1.76. The Morgan fingerprint density at radius 1 is 1.14 bits per heavy atom. The van der Waals surface area contributed by atoms with Gasteiger partial charge in [0.2, 0.25) is 0 Å². The Labute approximate surface area is 224 Å². The molecule has 1 aliphatic rings. The largest absolute Gasteiger partial charge is 1.00 e. The fourth-order valence-electron chi connectivity index (χ4n) is 2.16. The van der Waals surface area contributed by atoms with Crippen LogP contribution in [0.2, 0.25) is 0 Å². The van der Waals surface area contributed by atoms with Gasteiger partial charge in [0, 0.05) is 18.2 Å². The Morgan fingerprint density at radius 3 is 2.21 bits per heavy atom. The molecule has 0 spiro atoms. The summed E-state index contributed by atoms with van der Waals surface area (Å²) in [5, 5.41) is 19.8. The standard InChI is InChI=1S/C10H16N2O11P2.3Na/c13-6-1-2-12(10(16)11-6)9-8(15)7(14)5(23-9)3-22-25(20,21)4-24(17,18)19;;;/h1-2,5,7-9,14-15H,3-4H2,(H,20,21)(H,11,13,16)(H2,17,18,19);;;/q;3*+1/p-3/t5-,7-,8-,9-;;;/m1.../s1. The van der Waals surface area contributed by atoms with Crippen LogP contribution >= 0.6 is 15.2 Å². The van der Waals surface area contributed by atoms with E-state index >= 15 is 0 Å². The van der Waals surface area contributed by atoms with Crippen LogP contribution in [-0.4, -0.2) is 50.6 Å². The average molecular weight is 468 g/mol. The molecule has 1 aliphatic heterocycles. The molecule has 3 N–H and O–H groups in total. The van der Waals surface area contributed by atoms with Gasteiger partial charge in [0.15, 0.2) is 6.23 Å². The van der Waals surface area contributed by atoms with Crippen molar-refractivity contribution in [2.24, 2.45) is 0 Å². The van der Waals surface area contributed by atoms with Gasteiger partial charge in [0.25, 0.3) is 5.56 Å². The van der Waals surface area contributed by atoms with Crippen molar-refractivity contribution < 1.29 is 132 Å². The van der Waals surface area contributed by atoms with Crippen LogP contribution in [-0.2, 0) is 18.4 Å². The molecule has 0 aromatic carbocycles. The molecule has 1 fully saturated rings. The van der Waals surface area contributed by atoms with E-state index in [0.29, 0.717) is 0 Å². The first-order chi connectivity index (χ1) is 11.4. The Kier molecular flexibility index (Phi) is 14.6. The molecule has 0 amide bonds. The number of nitrogens with one attached hydrogen (secondary N) is 1. The van der Waals surface area contributed by atoms with Crippen LogP contribution in [0.1, 0.15) is 6.23 Å². The number of rotatable bonds is 6. The third-order valence-electron chi connectivity index (χ3n) is 3.24. The van der Waals surface area contributed by atoms with Gasteiger partial charge in [-0.1, -0.05) is 7.60 Å². The summed E-state index contributed by atoms with van der Waals surface area (Å²) in [6, 6.07) is 0.958. The average Bonchev–Trinajstić information content (AvgIpc) is 2.71. The van der Waals surface area contributed by atoms with Crippen LogP contribution < -0.4 is 115 Å². The first-order valence-corrected chi connectivity index (χ1v) is 10.1. The van der Waals surface area contributed by atoms with Crippen LogP contribution in [0.3, 0.4) is 0 Å². The molecule has 0 saturated carbocycles. The molecular formula is C10H13N2Na3O11P2. The summed E-state index contributed by atoms with van der Waals surface area (Å²) in [7, 11) is -10.4. The summed E-state index contributed by atoms with van der Waals surface area (Å²) in [6.45, 7) is -0.895. The van der Waals surface area contributed by atoms with E-state index in [-0.39, 0.29) is 88.7 Å². The van der Waals surface area contributed by atoms with Crippen molar-refractivity contribution in [2.45, 2.75) is 24.5 Å². The number of aliphatic hydroxyl groups excluding tert-OH is 2. The Bertz CT molecular complexity index is 842. The molecule has 2 rings (SSSR count). The minimum absolute atomic E-state index is 0. The van der Waals surface area contributed by atoms with Gasteiger partial charge in [0.05, 0.1) is 6.61 Å². The second-order valence-corrected chi connectivity index (χ2v) is 9.06. The fourth-order valence-corrected chi connectivity index (χ4v) is 4.56. The van der Waals surface area contributed by atoms with E-state index in [4.69, 9.17) is 4.74 Å². The zero-order valence-corrected chi connectivity index (χ0v) is 23.1. The quantitative estimate of drug-likeness (QED) is 0.263. The second-order valence-electron chi connectivity index (χ2n) is 5.22. The summed E-state index contributed by atoms with van der Waals surface area (Å²) in [6.07, 6.45) is -5.26. The Morgan fingerprint density at radius 2 is 1.71 bits per heavy atom. The van der Waals surface area contributed by atoms with E-state index < -0.39 is 63.5 Å². The maximum atomic E-state index is 11.7. The molecule has 1 aromatic rings. The summed E-state index contributed by atoms with van der Waals surface area (Å²) >= 11 is 0. The number of hydrogen-bond donors (Lipinski definition) is 3. The van der Waals surface area contributed by atoms with Crippen LogP contribution in [0.25, 0.3) is 0 Å². The third-order valence-corrected chi connectivity index (χ3v) is 6.56. The summed E-state index contributed by atoms with van der Waals surface area (Å²) < 4.78 is 32.1. The second kappa shape index (κ2) is 12.8. The normalized spacial score (nSPS) is 26.3. The molecule has 1 saturated heterocycles. The minimum atomic E-state index is -5.38. The zero-order valence-electron chi connectivity index (χ0n) is 15.3. The minimum Gasteiger partial charge on any atom is -0.810 e. The van der Waals surface area contributed by atoms with E-state index in [0.717, 1.165) is 16.8 Å². The van der Waals surface area contributed by atoms with Crippen molar-refractivity contribution in [3.8, 4) is 0 Å². The molecular weight excluding hydrogens is 455 g/mol. The SMILES string of the molecule is O=c1ccn([C@@H]2O[C@H](COP(=O)([O-])CP(=O)([O-])[O-])[C@@H](O)[C@H]2O)c(=O)[nH]1.[Na+].[Na+].[Na+]. The Hall–Kier alpha value is 1.86. The van der Waals surface area contributed by atoms with Crippen LogP contribution in [0.4, 0.5) is 0 Å². The number of nitrogens with zero attached hydrogens (tertiary/aromatic N) is 1. The zero-order chi connectivity index (χ0) is 19.0. The number of H-pyrrole nitrogens is 1. The smallest absolute Gasteiger partial charge is 0.810 e. The van der Waals surface area contributed by atoms with E-state index in [1.165, 1.54) is 0 Å². The molecule has 1 unspecified atom stereocenters. The summed E-state index contributed by atoms with van der Waals surface area (Å²) in [5.41, 5.74) is -1.65. The van der Waals surface area contributed by atoms with Gasteiger partial charge in [-0.15, -0.1) is 0 Å². The van der Waals surface area contributed by atoms with Gasteiger partial charge in [0.1, 0.15) is 25.9 Å². The van der Waals surface area contributed by atoms with Crippen molar-refractivity contribution in [1.29, 1.82) is 0 Å². The van der Waals surface area contributed by atoms with Crippen LogP contribution in [0, 0.1) is 0 Å². The maximum Gasteiger partial charge on any atom is 1.00 e. The predicted molar refractivity (Wildman–Crippen MR) is 73.3 cm³/mol. The molecule has 142 valence electrons. The molecule has 18 heteroatoms. The molecule has 5 atom stereocenters. The van der Waals surface area contributed by atoms with Gasteiger partial charge in [-0.2, -0.15) is 0 Å². The molecule has 0 bridgehead atoms. The molecule has 13 nitrogen and oxygen atoms in total. The van der Waals surface area contributed by atoms with Gasteiger partial charge in [-0.3, -0.25) is 14.3 Å².